The number of amides is 2. The summed E-state index contributed by atoms with van der Waals surface area (Å²) in [6.45, 7) is 2.51. The molecule has 0 aliphatic carbocycles. The molecular formula is C19H21F3N6O3. The van der Waals surface area contributed by atoms with Gasteiger partial charge in [-0.1, -0.05) is 0 Å². The first-order valence-corrected chi connectivity index (χ1v) is 9.20. The van der Waals surface area contributed by atoms with Crippen molar-refractivity contribution in [2.75, 3.05) is 35.8 Å². The summed E-state index contributed by atoms with van der Waals surface area (Å²) in [5.74, 6) is -6.71. The molecule has 9 nitrogen and oxygen atoms in total. The quantitative estimate of drug-likeness (QED) is 0.736. The van der Waals surface area contributed by atoms with Crippen LogP contribution in [0.5, 0.6) is 5.75 Å². The van der Waals surface area contributed by atoms with Crippen LogP contribution in [0, 0.1) is 5.82 Å². The number of nitrogens with two attached hydrogens (primary N) is 1. The Kier molecular flexibility index (Phi) is 5.66. The number of halogens is 3. The Morgan fingerprint density at radius 3 is 2.61 bits per heavy atom. The normalized spacial score (nSPS) is 15.5. The van der Waals surface area contributed by atoms with Gasteiger partial charge >= 0.3 is 5.92 Å². The number of carbonyl (C=O) groups is 2. The van der Waals surface area contributed by atoms with Crippen LogP contribution in [-0.4, -0.2) is 54.4 Å². The highest BCUT2D eigenvalue weighted by Crippen LogP contribution is 2.37. The molecule has 166 valence electrons. The van der Waals surface area contributed by atoms with Crippen molar-refractivity contribution >= 4 is 35.0 Å². The van der Waals surface area contributed by atoms with Crippen LogP contribution in [0.4, 0.5) is 36.3 Å². The van der Waals surface area contributed by atoms with Gasteiger partial charge in [0, 0.05) is 19.2 Å². The number of fused-ring (bicyclic) bond motifs is 1. The minimum absolute atomic E-state index is 0.0556. The Bertz CT molecular complexity index is 1050. The largest absolute Gasteiger partial charge is 0.495 e. The van der Waals surface area contributed by atoms with Gasteiger partial charge in [0.1, 0.15) is 17.3 Å². The number of ether oxygens (including phenoxy) is 1. The molecule has 2 heterocycles. The number of anilines is 4. The van der Waals surface area contributed by atoms with Crippen LogP contribution < -0.4 is 25.6 Å². The SMILES string of the molecule is COc1cc(C(N)=O)c(F)cc1Nc1ncc2c(n1)N(C(C)C)CC(F)(F)C(=O)N2C. The molecule has 0 saturated carbocycles. The molecule has 1 aliphatic heterocycles. The van der Waals surface area contributed by atoms with Crippen molar-refractivity contribution in [3.8, 4) is 5.75 Å². The van der Waals surface area contributed by atoms with E-state index in [2.05, 4.69) is 15.3 Å². The molecule has 1 aromatic carbocycles. The van der Waals surface area contributed by atoms with Crippen molar-refractivity contribution in [1.29, 1.82) is 0 Å². The summed E-state index contributed by atoms with van der Waals surface area (Å²) in [6.07, 6.45) is 1.22. The molecule has 0 radical (unpaired) electrons. The standard InChI is InChI=1S/C19H21F3N6O3/c1-9(2)28-8-19(21,22)17(30)27(3)13-7-24-18(26-16(13)28)25-12-6-11(20)10(15(23)29)5-14(12)31-4/h5-7,9H,8H2,1-4H3,(H2,23,29)(H,24,25,26). The summed E-state index contributed by atoms with van der Waals surface area (Å²) >= 11 is 0. The first-order chi connectivity index (χ1) is 14.5. The predicted molar refractivity (Wildman–Crippen MR) is 108 cm³/mol. The molecule has 0 fully saturated rings. The van der Waals surface area contributed by atoms with Crippen LogP contribution in [0.15, 0.2) is 18.3 Å². The van der Waals surface area contributed by atoms with Gasteiger partial charge in [0.25, 0.3) is 11.8 Å². The molecule has 0 spiro atoms. The average molecular weight is 438 g/mol. The Hall–Kier alpha value is -3.57. The summed E-state index contributed by atoms with van der Waals surface area (Å²) in [5.41, 5.74) is 4.97. The fourth-order valence-electron chi connectivity index (χ4n) is 3.14. The molecule has 3 N–H and O–H groups in total. The summed E-state index contributed by atoms with van der Waals surface area (Å²) in [4.78, 5) is 34.0. The average Bonchev–Trinajstić information content (AvgIpc) is 2.77. The van der Waals surface area contributed by atoms with E-state index in [0.29, 0.717) is 0 Å². The van der Waals surface area contributed by atoms with Gasteiger partial charge in [-0.25, -0.2) is 9.37 Å². The number of aromatic nitrogens is 2. The molecule has 0 unspecified atom stereocenters. The van der Waals surface area contributed by atoms with Gasteiger partial charge in [-0.3, -0.25) is 9.59 Å². The minimum Gasteiger partial charge on any atom is -0.495 e. The molecule has 31 heavy (non-hydrogen) atoms. The van der Waals surface area contributed by atoms with Gasteiger partial charge in [0.2, 0.25) is 5.95 Å². The fourth-order valence-corrected chi connectivity index (χ4v) is 3.14. The second-order valence-corrected chi connectivity index (χ2v) is 7.21. The van der Waals surface area contributed by atoms with Gasteiger partial charge in [0.15, 0.2) is 5.82 Å². The smallest absolute Gasteiger partial charge is 0.342 e. The third-order valence-electron chi connectivity index (χ3n) is 4.79. The van der Waals surface area contributed by atoms with Crippen LogP contribution in [-0.2, 0) is 4.79 Å². The van der Waals surface area contributed by atoms with Crippen LogP contribution in [0.1, 0.15) is 24.2 Å². The first-order valence-electron chi connectivity index (χ1n) is 9.20. The zero-order chi connectivity index (χ0) is 23.1. The molecule has 3 rings (SSSR count). The maximum Gasteiger partial charge on any atom is 0.342 e. The van der Waals surface area contributed by atoms with Crippen LogP contribution in [0.3, 0.4) is 0 Å². The molecule has 0 bridgehead atoms. The number of alkyl halides is 2. The van der Waals surface area contributed by atoms with E-state index >= 15 is 0 Å². The second kappa shape index (κ2) is 7.93. The van der Waals surface area contributed by atoms with Crippen molar-refractivity contribution in [3.05, 3.63) is 29.7 Å². The number of primary amides is 1. The van der Waals surface area contributed by atoms with Gasteiger partial charge in [-0.15, -0.1) is 0 Å². The Balaban J connectivity index is 2.07. The van der Waals surface area contributed by atoms with Crippen molar-refractivity contribution in [2.45, 2.75) is 25.8 Å². The Morgan fingerprint density at radius 2 is 2.03 bits per heavy atom. The fraction of sp³-hybridized carbons (Fsp3) is 0.368. The monoisotopic (exact) mass is 438 g/mol. The number of methoxy groups -OCH3 is 1. The number of hydrogen-bond acceptors (Lipinski definition) is 7. The van der Waals surface area contributed by atoms with Gasteiger partial charge in [-0.05, 0) is 19.9 Å². The molecule has 12 heteroatoms. The van der Waals surface area contributed by atoms with Crippen LogP contribution in [0.2, 0.25) is 0 Å². The molecule has 0 saturated heterocycles. The van der Waals surface area contributed by atoms with Crippen molar-refractivity contribution in [1.82, 2.24) is 9.97 Å². The highest BCUT2D eigenvalue weighted by molar-refractivity contribution is 6.02. The summed E-state index contributed by atoms with van der Waals surface area (Å²) < 4.78 is 48.1. The number of hydrogen-bond donors (Lipinski definition) is 2. The van der Waals surface area contributed by atoms with Crippen molar-refractivity contribution in [2.24, 2.45) is 5.73 Å². The van der Waals surface area contributed by atoms with E-state index in [9.17, 15) is 22.8 Å². The molecule has 2 aromatic rings. The molecule has 0 atom stereocenters. The van der Waals surface area contributed by atoms with E-state index in [-0.39, 0.29) is 34.5 Å². The third-order valence-corrected chi connectivity index (χ3v) is 4.79. The van der Waals surface area contributed by atoms with Crippen LogP contribution >= 0.6 is 0 Å². The van der Waals surface area contributed by atoms with Crippen molar-refractivity contribution < 1.29 is 27.5 Å². The van der Waals surface area contributed by atoms with E-state index in [1.165, 1.54) is 25.3 Å². The van der Waals surface area contributed by atoms with E-state index in [1.807, 2.05) is 0 Å². The highest BCUT2D eigenvalue weighted by Gasteiger charge is 2.47. The zero-order valence-corrected chi connectivity index (χ0v) is 17.2. The van der Waals surface area contributed by atoms with E-state index in [1.54, 1.807) is 13.8 Å². The number of benzene rings is 1. The van der Waals surface area contributed by atoms with E-state index < -0.39 is 36.1 Å². The lowest BCUT2D eigenvalue weighted by Gasteiger charge is -2.29. The maximum atomic E-state index is 14.4. The second-order valence-electron chi connectivity index (χ2n) is 7.21. The highest BCUT2D eigenvalue weighted by atomic mass is 19.3. The number of nitrogens with zero attached hydrogens (tertiary/aromatic N) is 4. The number of carbonyl (C=O) groups excluding carboxylic acids is 2. The molecule has 1 aromatic heterocycles. The number of rotatable bonds is 5. The molecular weight excluding hydrogens is 417 g/mol. The van der Waals surface area contributed by atoms with Gasteiger partial charge in [-0.2, -0.15) is 13.8 Å². The lowest BCUT2D eigenvalue weighted by atomic mass is 10.1. The van der Waals surface area contributed by atoms with E-state index in [4.69, 9.17) is 10.5 Å². The Labute approximate surface area is 176 Å². The summed E-state index contributed by atoms with van der Waals surface area (Å²) in [6, 6.07) is 1.70. The summed E-state index contributed by atoms with van der Waals surface area (Å²) in [7, 11) is 2.53. The van der Waals surface area contributed by atoms with Gasteiger partial charge < -0.3 is 25.6 Å². The number of nitrogens with one attached hydrogen (secondary N) is 1. The maximum absolute atomic E-state index is 14.4. The first kappa shape index (κ1) is 22.1. The van der Waals surface area contributed by atoms with Crippen molar-refractivity contribution in [3.63, 3.8) is 0 Å². The van der Waals surface area contributed by atoms with E-state index in [0.717, 1.165) is 17.0 Å². The van der Waals surface area contributed by atoms with Crippen LogP contribution in [0.25, 0.3) is 0 Å². The molecule has 2 amide bonds. The zero-order valence-electron chi connectivity index (χ0n) is 17.2. The summed E-state index contributed by atoms with van der Waals surface area (Å²) in [5, 5.41) is 2.75. The lowest BCUT2D eigenvalue weighted by molar-refractivity contribution is -0.140. The molecule has 1 aliphatic rings. The lowest BCUT2D eigenvalue weighted by Crippen LogP contribution is -2.47. The Morgan fingerprint density at radius 1 is 1.35 bits per heavy atom. The minimum atomic E-state index is -3.62. The van der Waals surface area contributed by atoms with Gasteiger partial charge in [0.05, 0.1) is 31.1 Å². The predicted octanol–water partition coefficient (Wildman–Crippen LogP) is 2.29. The third kappa shape index (κ3) is 4.05. The topological polar surface area (TPSA) is 114 Å².